The molecule has 25 heavy (non-hydrogen) atoms. The van der Waals surface area contributed by atoms with Crippen LogP contribution in [0.1, 0.15) is 5.56 Å². The molecule has 0 aromatic heterocycles. The van der Waals surface area contributed by atoms with E-state index in [-0.39, 0.29) is 6.29 Å². The summed E-state index contributed by atoms with van der Waals surface area (Å²) in [6.45, 7) is 0. The van der Waals surface area contributed by atoms with Gasteiger partial charge in [-0.2, -0.15) is 5.26 Å². The summed E-state index contributed by atoms with van der Waals surface area (Å²) in [5.41, 5.74) is 1.11. The third kappa shape index (κ3) is 3.84. The predicted molar refractivity (Wildman–Crippen MR) is 104 cm³/mol. The Balaban J connectivity index is 2.11. The Morgan fingerprint density at radius 3 is 2.68 bits per heavy atom. The van der Waals surface area contributed by atoms with E-state index in [1.54, 1.807) is 16.4 Å². The number of rotatable bonds is 5. The standard InChI is InChI=1S/C18H14ClN2O2PS/c19-15-8-13(11-20)9-16(10-15)25(23)21(12-24-22)18-7-3-5-14-4-1-2-6-17(14)18/h1-10,22,24H,12H2. The Bertz CT molecular complexity index is 985. The summed E-state index contributed by atoms with van der Waals surface area (Å²) >= 11 is 6.04. The lowest BCUT2D eigenvalue weighted by molar-refractivity contribution is 0.644. The Hall–Kier alpha value is -1.96. The zero-order valence-electron chi connectivity index (χ0n) is 13.0. The number of nitrogens with zero attached hydrogens (tertiary/aromatic N) is 2. The quantitative estimate of drug-likeness (QED) is 0.657. The summed E-state index contributed by atoms with van der Waals surface area (Å²) < 4.78 is 14.8. The van der Waals surface area contributed by atoms with Crippen molar-refractivity contribution in [2.75, 3.05) is 10.6 Å². The summed E-state index contributed by atoms with van der Waals surface area (Å²) in [5.74, 6) is 0. The maximum atomic E-state index is 13.2. The van der Waals surface area contributed by atoms with Crippen molar-refractivity contribution < 1.29 is 9.10 Å². The molecule has 2 atom stereocenters. The second-order valence-corrected chi connectivity index (χ2v) is 7.71. The number of fused-ring (bicyclic) bond motifs is 1. The molecule has 0 amide bonds. The second-order valence-electron chi connectivity index (χ2n) is 5.23. The van der Waals surface area contributed by atoms with E-state index in [0.717, 1.165) is 16.5 Å². The van der Waals surface area contributed by atoms with E-state index in [9.17, 15) is 9.10 Å². The molecule has 3 rings (SSSR count). The molecule has 0 spiro atoms. The van der Waals surface area contributed by atoms with Crippen molar-refractivity contribution in [2.24, 2.45) is 0 Å². The summed E-state index contributed by atoms with van der Waals surface area (Å²) in [5, 5.41) is 11.4. The molecule has 3 aromatic rings. The monoisotopic (exact) mass is 388 g/mol. The molecule has 0 saturated carbocycles. The van der Waals surface area contributed by atoms with E-state index in [4.69, 9.17) is 16.9 Å². The molecule has 2 unspecified atom stereocenters. The highest BCUT2D eigenvalue weighted by Gasteiger charge is 2.19. The molecule has 0 aliphatic heterocycles. The average molecular weight is 389 g/mol. The SMILES string of the molecule is N#Cc1cc(Cl)cc(S(=O)N(CPO)c2cccc3ccccc23)c1. The van der Waals surface area contributed by atoms with Crippen molar-refractivity contribution in [2.45, 2.75) is 4.90 Å². The third-order valence-corrected chi connectivity index (χ3v) is 5.92. The lowest BCUT2D eigenvalue weighted by atomic mass is 10.1. The molecule has 3 aromatic carbocycles. The van der Waals surface area contributed by atoms with Gasteiger partial charge in [-0.15, -0.1) is 0 Å². The Morgan fingerprint density at radius 2 is 1.92 bits per heavy atom. The minimum absolute atomic E-state index is 0.217. The minimum Gasteiger partial charge on any atom is -0.375 e. The molecule has 0 heterocycles. The molecule has 0 bridgehead atoms. The lowest BCUT2D eigenvalue weighted by Crippen LogP contribution is -2.25. The van der Waals surface area contributed by atoms with Crippen molar-refractivity contribution in [3.05, 3.63) is 71.2 Å². The van der Waals surface area contributed by atoms with Crippen molar-refractivity contribution in [3.63, 3.8) is 0 Å². The highest BCUT2D eigenvalue weighted by Crippen LogP contribution is 2.32. The van der Waals surface area contributed by atoms with E-state index in [2.05, 4.69) is 0 Å². The van der Waals surface area contributed by atoms with E-state index in [1.165, 1.54) is 6.07 Å². The largest absolute Gasteiger partial charge is 0.375 e. The van der Waals surface area contributed by atoms with Crippen LogP contribution in [0.25, 0.3) is 10.8 Å². The fourth-order valence-electron chi connectivity index (χ4n) is 2.58. The first kappa shape index (κ1) is 17.8. The highest BCUT2D eigenvalue weighted by atomic mass is 35.5. The first-order chi connectivity index (χ1) is 12.1. The minimum atomic E-state index is -1.61. The summed E-state index contributed by atoms with van der Waals surface area (Å²) in [6, 6.07) is 20.2. The molecular weight excluding hydrogens is 375 g/mol. The molecule has 0 aliphatic rings. The van der Waals surface area contributed by atoms with Gasteiger partial charge in [-0.05, 0) is 29.7 Å². The fraction of sp³-hybridized carbons (Fsp3) is 0.0556. The number of hydrogen-bond acceptors (Lipinski definition) is 3. The number of benzene rings is 3. The maximum Gasteiger partial charge on any atom is 0.153 e. The second kappa shape index (κ2) is 7.95. The van der Waals surface area contributed by atoms with Crippen molar-refractivity contribution in [3.8, 4) is 6.07 Å². The smallest absolute Gasteiger partial charge is 0.153 e. The first-order valence-corrected chi connectivity index (χ1v) is 10.0. The number of hydrogen-bond donors (Lipinski definition) is 1. The van der Waals surface area contributed by atoms with E-state index < -0.39 is 19.8 Å². The van der Waals surface area contributed by atoms with Gasteiger partial charge in [0.05, 0.1) is 28.5 Å². The molecule has 0 saturated heterocycles. The van der Waals surface area contributed by atoms with Crippen LogP contribution in [0.3, 0.4) is 0 Å². The van der Waals surface area contributed by atoms with Gasteiger partial charge >= 0.3 is 0 Å². The van der Waals surface area contributed by atoms with Crippen molar-refractivity contribution in [1.82, 2.24) is 0 Å². The average Bonchev–Trinajstić information content (AvgIpc) is 2.64. The summed E-state index contributed by atoms with van der Waals surface area (Å²) in [6.07, 6.45) is 0.217. The van der Waals surface area contributed by atoms with E-state index >= 15 is 0 Å². The normalized spacial score (nSPS) is 12.4. The molecule has 0 aliphatic carbocycles. The van der Waals surface area contributed by atoms with Crippen LogP contribution in [-0.2, 0) is 11.0 Å². The topological polar surface area (TPSA) is 64.3 Å². The van der Waals surface area contributed by atoms with Gasteiger partial charge in [-0.3, -0.25) is 4.31 Å². The zero-order valence-corrected chi connectivity index (χ0v) is 15.6. The van der Waals surface area contributed by atoms with Crippen molar-refractivity contribution in [1.29, 1.82) is 5.26 Å². The van der Waals surface area contributed by atoms with Crippen LogP contribution in [0.4, 0.5) is 5.69 Å². The van der Waals surface area contributed by atoms with Crippen molar-refractivity contribution >= 4 is 47.9 Å². The summed E-state index contributed by atoms with van der Waals surface area (Å²) in [4.78, 5) is 9.92. The Kier molecular flexibility index (Phi) is 5.67. The highest BCUT2D eigenvalue weighted by molar-refractivity contribution is 7.86. The van der Waals surface area contributed by atoms with Crippen LogP contribution in [0.2, 0.25) is 5.02 Å². The Morgan fingerprint density at radius 1 is 1.16 bits per heavy atom. The van der Waals surface area contributed by atoms with Gasteiger partial charge in [0.25, 0.3) is 0 Å². The molecule has 0 radical (unpaired) electrons. The van der Waals surface area contributed by atoms with Crippen LogP contribution in [0.5, 0.6) is 0 Å². The van der Waals surface area contributed by atoms with E-state index in [1.807, 2.05) is 48.5 Å². The Labute approximate surface area is 155 Å². The number of anilines is 1. The predicted octanol–water partition coefficient (Wildman–Crippen LogP) is 4.44. The molecule has 1 N–H and O–H groups in total. The first-order valence-electron chi connectivity index (χ1n) is 7.39. The maximum absolute atomic E-state index is 13.2. The van der Waals surface area contributed by atoms with Crippen LogP contribution < -0.4 is 4.31 Å². The van der Waals surface area contributed by atoms with Gasteiger partial charge in [0.1, 0.15) is 0 Å². The van der Waals surface area contributed by atoms with Crippen LogP contribution in [0, 0.1) is 11.3 Å². The van der Waals surface area contributed by atoms with Crippen LogP contribution in [0.15, 0.2) is 65.6 Å². The van der Waals surface area contributed by atoms with Crippen LogP contribution in [-0.4, -0.2) is 15.4 Å². The number of nitriles is 1. The van der Waals surface area contributed by atoms with Gasteiger partial charge in [-0.1, -0.05) is 48.0 Å². The fourth-order valence-corrected chi connectivity index (χ4v) is 4.87. The molecule has 126 valence electrons. The molecule has 4 nitrogen and oxygen atoms in total. The molecular formula is C18H14ClN2O2PS. The zero-order chi connectivity index (χ0) is 17.8. The van der Waals surface area contributed by atoms with Gasteiger partial charge in [0.2, 0.25) is 0 Å². The van der Waals surface area contributed by atoms with Gasteiger partial charge < -0.3 is 4.89 Å². The van der Waals surface area contributed by atoms with Gasteiger partial charge in [0.15, 0.2) is 11.0 Å². The van der Waals surface area contributed by atoms with E-state index in [0.29, 0.717) is 15.5 Å². The third-order valence-electron chi connectivity index (χ3n) is 3.65. The van der Waals surface area contributed by atoms with Gasteiger partial charge in [-0.25, -0.2) is 4.21 Å². The molecule has 0 fully saturated rings. The summed E-state index contributed by atoms with van der Waals surface area (Å²) in [7, 11) is -2.00. The van der Waals surface area contributed by atoms with Crippen LogP contribution >= 0.6 is 20.4 Å². The lowest BCUT2D eigenvalue weighted by Gasteiger charge is -2.24. The molecule has 7 heteroatoms. The number of halogens is 1. The van der Waals surface area contributed by atoms with Gasteiger partial charge in [0, 0.05) is 19.2 Å².